The van der Waals surface area contributed by atoms with Crippen LogP contribution in [-0.2, 0) is 6.54 Å². The summed E-state index contributed by atoms with van der Waals surface area (Å²) in [6.07, 6.45) is 1.64. The van der Waals surface area contributed by atoms with Crippen molar-refractivity contribution >= 4 is 35.1 Å². The van der Waals surface area contributed by atoms with Gasteiger partial charge in [0.2, 0.25) is 5.78 Å². The van der Waals surface area contributed by atoms with E-state index in [2.05, 4.69) is 16.8 Å². The third kappa shape index (κ3) is 3.76. The molecule has 0 saturated carbocycles. The molecule has 0 aliphatic carbocycles. The van der Waals surface area contributed by atoms with Crippen LogP contribution in [-0.4, -0.2) is 53.9 Å². The molecule has 1 saturated heterocycles. The average Bonchev–Trinajstić information content (AvgIpc) is 2.98. The maximum absolute atomic E-state index is 12.8. The van der Waals surface area contributed by atoms with E-state index in [0.29, 0.717) is 33.5 Å². The lowest BCUT2D eigenvalue weighted by atomic mass is 10.0. The highest BCUT2D eigenvalue weighted by molar-refractivity contribution is 6.42. The van der Waals surface area contributed by atoms with Crippen LogP contribution in [0.25, 0.3) is 6.08 Å². The van der Waals surface area contributed by atoms with Crippen molar-refractivity contribution < 1.29 is 14.6 Å². The fourth-order valence-electron chi connectivity index (χ4n) is 3.43. The summed E-state index contributed by atoms with van der Waals surface area (Å²) in [7, 11) is 2.09. The fourth-order valence-corrected chi connectivity index (χ4v) is 3.74. The van der Waals surface area contributed by atoms with E-state index in [-0.39, 0.29) is 17.3 Å². The number of aromatic hydroxyl groups is 1. The van der Waals surface area contributed by atoms with Crippen molar-refractivity contribution in [2.24, 2.45) is 0 Å². The summed E-state index contributed by atoms with van der Waals surface area (Å²) in [5, 5.41) is 11.3. The topological polar surface area (TPSA) is 53.0 Å². The minimum Gasteiger partial charge on any atom is -0.507 e. The molecule has 0 amide bonds. The number of fused-ring (bicyclic) bond motifs is 1. The van der Waals surface area contributed by atoms with Crippen LogP contribution < -0.4 is 4.74 Å². The summed E-state index contributed by atoms with van der Waals surface area (Å²) in [6.45, 7) is 4.28. The van der Waals surface area contributed by atoms with Crippen LogP contribution in [0.2, 0.25) is 10.0 Å². The summed E-state index contributed by atoms with van der Waals surface area (Å²) in [4.78, 5) is 17.3. The Labute approximate surface area is 173 Å². The van der Waals surface area contributed by atoms with Crippen LogP contribution in [0, 0.1) is 0 Å². The quantitative estimate of drug-likeness (QED) is 0.761. The summed E-state index contributed by atoms with van der Waals surface area (Å²) in [6, 6.07) is 8.29. The van der Waals surface area contributed by atoms with E-state index in [1.54, 1.807) is 36.4 Å². The van der Waals surface area contributed by atoms with Crippen molar-refractivity contribution in [3.05, 3.63) is 62.8 Å². The molecule has 2 heterocycles. The Kier molecular flexibility index (Phi) is 5.34. The Hall–Kier alpha value is -2.05. The van der Waals surface area contributed by atoms with Gasteiger partial charge in [0.15, 0.2) is 5.76 Å². The fraction of sp³-hybridized carbons (Fsp3) is 0.286. The van der Waals surface area contributed by atoms with Gasteiger partial charge in [0.1, 0.15) is 11.5 Å². The maximum atomic E-state index is 12.8. The summed E-state index contributed by atoms with van der Waals surface area (Å²) >= 11 is 12.0. The Bertz CT molecular complexity index is 966. The zero-order chi connectivity index (χ0) is 19.8. The molecule has 0 radical (unpaired) electrons. The van der Waals surface area contributed by atoms with Gasteiger partial charge >= 0.3 is 0 Å². The minimum atomic E-state index is -0.208. The number of halogens is 2. The molecule has 2 aromatic rings. The molecule has 2 aliphatic heterocycles. The van der Waals surface area contributed by atoms with Gasteiger partial charge in [0.25, 0.3) is 0 Å². The van der Waals surface area contributed by atoms with Crippen LogP contribution >= 0.6 is 23.2 Å². The van der Waals surface area contributed by atoms with Gasteiger partial charge in [-0.15, -0.1) is 0 Å². The Morgan fingerprint density at radius 2 is 1.86 bits per heavy atom. The molecule has 2 aromatic carbocycles. The lowest BCUT2D eigenvalue weighted by Crippen LogP contribution is -2.43. The number of ether oxygens (including phenoxy) is 1. The average molecular weight is 419 g/mol. The molecule has 146 valence electrons. The highest BCUT2D eigenvalue weighted by Crippen LogP contribution is 2.40. The van der Waals surface area contributed by atoms with E-state index in [4.69, 9.17) is 27.9 Å². The zero-order valence-electron chi connectivity index (χ0n) is 15.4. The number of hydrogen-bond acceptors (Lipinski definition) is 5. The Morgan fingerprint density at radius 1 is 1.11 bits per heavy atom. The number of phenolic OH excluding ortho intramolecular Hbond substituents is 1. The highest BCUT2D eigenvalue weighted by atomic mass is 35.5. The third-order valence-electron chi connectivity index (χ3n) is 5.14. The molecule has 2 aliphatic rings. The van der Waals surface area contributed by atoms with Crippen molar-refractivity contribution in [1.82, 2.24) is 9.80 Å². The van der Waals surface area contributed by atoms with Crippen molar-refractivity contribution in [3.8, 4) is 11.5 Å². The van der Waals surface area contributed by atoms with Gasteiger partial charge in [-0.2, -0.15) is 0 Å². The van der Waals surface area contributed by atoms with E-state index in [0.717, 1.165) is 31.7 Å². The van der Waals surface area contributed by atoms with Crippen molar-refractivity contribution in [1.29, 1.82) is 0 Å². The van der Waals surface area contributed by atoms with Gasteiger partial charge in [-0.05, 0) is 43.0 Å². The number of likely N-dealkylation sites (N-methyl/N-ethyl adjacent to an activating group) is 1. The Balaban J connectivity index is 1.63. The van der Waals surface area contributed by atoms with Gasteiger partial charge in [0.05, 0.1) is 21.2 Å². The van der Waals surface area contributed by atoms with E-state index >= 15 is 0 Å². The summed E-state index contributed by atoms with van der Waals surface area (Å²) in [5.74, 6) is 0.579. The number of carbonyl (C=O) groups excluding carboxylic acids is 1. The van der Waals surface area contributed by atoms with Gasteiger partial charge in [0, 0.05) is 32.7 Å². The lowest BCUT2D eigenvalue weighted by Gasteiger charge is -2.32. The van der Waals surface area contributed by atoms with E-state index in [1.165, 1.54) is 0 Å². The first kappa shape index (κ1) is 19.3. The predicted molar refractivity (Wildman–Crippen MR) is 110 cm³/mol. The number of benzene rings is 2. The molecule has 1 N–H and O–H groups in total. The molecule has 0 spiro atoms. The second kappa shape index (κ2) is 7.76. The molecule has 0 unspecified atom stereocenters. The van der Waals surface area contributed by atoms with E-state index in [1.807, 2.05) is 0 Å². The number of carbonyl (C=O) groups is 1. The third-order valence-corrected chi connectivity index (χ3v) is 5.87. The van der Waals surface area contributed by atoms with Gasteiger partial charge < -0.3 is 14.7 Å². The molecule has 5 nitrogen and oxygen atoms in total. The van der Waals surface area contributed by atoms with Crippen LogP contribution in [0.15, 0.2) is 36.1 Å². The molecule has 0 bridgehead atoms. The van der Waals surface area contributed by atoms with Gasteiger partial charge in [-0.1, -0.05) is 29.3 Å². The second-order valence-corrected chi connectivity index (χ2v) is 7.95. The minimum absolute atomic E-state index is 0.140. The zero-order valence-corrected chi connectivity index (χ0v) is 16.9. The predicted octanol–water partition coefficient (Wildman–Crippen LogP) is 4.06. The van der Waals surface area contributed by atoms with Crippen LogP contribution in [0.1, 0.15) is 21.5 Å². The first-order chi connectivity index (χ1) is 13.4. The van der Waals surface area contributed by atoms with E-state index < -0.39 is 0 Å². The number of Topliss-reactive ketones (excluding diaryl/α,β-unsaturated/α-hetero) is 1. The molecular formula is C21H20Cl2N2O3. The molecule has 0 atom stereocenters. The number of allylic oxidation sites excluding steroid dienone is 1. The van der Waals surface area contributed by atoms with Gasteiger partial charge in [-0.25, -0.2) is 0 Å². The SMILES string of the molecule is CN1CCN(Cc2c(O)ccc3c2O/C(=C\c2ccc(Cl)c(Cl)c2)C3=O)CC1. The summed E-state index contributed by atoms with van der Waals surface area (Å²) in [5.41, 5.74) is 1.83. The number of phenols is 1. The second-order valence-electron chi connectivity index (χ2n) is 7.13. The lowest BCUT2D eigenvalue weighted by molar-refractivity contribution is 0.101. The monoisotopic (exact) mass is 418 g/mol. The van der Waals surface area contributed by atoms with E-state index in [9.17, 15) is 9.90 Å². The highest BCUT2D eigenvalue weighted by Gasteiger charge is 2.32. The summed E-state index contributed by atoms with van der Waals surface area (Å²) < 4.78 is 5.91. The standard InChI is InChI=1S/C21H20Cl2N2O3/c1-24-6-8-25(9-7-24)12-15-18(26)5-3-14-20(27)19(28-21(14)15)11-13-2-4-16(22)17(23)10-13/h2-5,10-11,26H,6-9,12H2,1H3/b19-11-. The number of nitrogens with zero attached hydrogens (tertiary/aromatic N) is 2. The first-order valence-corrected chi connectivity index (χ1v) is 9.83. The number of ketones is 1. The molecule has 28 heavy (non-hydrogen) atoms. The number of rotatable bonds is 3. The maximum Gasteiger partial charge on any atom is 0.231 e. The molecule has 4 rings (SSSR count). The first-order valence-electron chi connectivity index (χ1n) is 9.07. The normalized spacial score (nSPS) is 19.1. The smallest absolute Gasteiger partial charge is 0.231 e. The molecular weight excluding hydrogens is 399 g/mol. The molecule has 0 aromatic heterocycles. The van der Waals surface area contributed by atoms with Crippen molar-refractivity contribution in [3.63, 3.8) is 0 Å². The van der Waals surface area contributed by atoms with Crippen LogP contribution in [0.3, 0.4) is 0 Å². The van der Waals surface area contributed by atoms with Crippen LogP contribution in [0.5, 0.6) is 11.5 Å². The van der Waals surface area contributed by atoms with Gasteiger partial charge in [-0.3, -0.25) is 9.69 Å². The molecule has 7 heteroatoms. The Morgan fingerprint density at radius 3 is 2.57 bits per heavy atom. The molecule has 1 fully saturated rings. The number of hydrogen-bond donors (Lipinski definition) is 1. The van der Waals surface area contributed by atoms with Crippen molar-refractivity contribution in [2.75, 3.05) is 33.2 Å². The van der Waals surface area contributed by atoms with Crippen molar-refractivity contribution in [2.45, 2.75) is 6.54 Å². The van der Waals surface area contributed by atoms with Crippen LogP contribution in [0.4, 0.5) is 0 Å². The largest absolute Gasteiger partial charge is 0.507 e. The number of piperazine rings is 1.